The van der Waals surface area contributed by atoms with E-state index in [0.29, 0.717) is 24.7 Å². The number of rotatable bonds is 3. The standard InChI is InChI=1S/C17H23FN2O2/c1-12-5-4-10-20(11-12)16(22)17(2,3)15(21)19-14-8-6-13(18)7-9-14/h6-9,12H,4-5,10-11H2,1-3H3,(H,19,21). The number of piperidine rings is 1. The molecule has 1 atom stereocenters. The number of benzene rings is 1. The van der Waals surface area contributed by atoms with Crippen LogP contribution >= 0.6 is 0 Å². The highest BCUT2D eigenvalue weighted by Crippen LogP contribution is 2.25. The lowest BCUT2D eigenvalue weighted by molar-refractivity contribution is -0.147. The van der Waals surface area contributed by atoms with Crippen LogP contribution < -0.4 is 5.32 Å². The number of halogens is 1. The van der Waals surface area contributed by atoms with E-state index in [0.717, 1.165) is 12.8 Å². The van der Waals surface area contributed by atoms with Gasteiger partial charge in [-0.15, -0.1) is 0 Å². The molecule has 1 aromatic carbocycles. The predicted molar refractivity (Wildman–Crippen MR) is 83.8 cm³/mol. The minimum atomic E-state index is -1.15. The molecule has 0 saturated carbocycles. The second-order valence-corrected chi connectivity index (χ2v) is 6.58. The average Bonchev–Trinajstić information content (AvgIpc) is 2.48. The molecule has 0 radical (unpaired) electrons. The molecule has 4 nitrogen and oxygen atoms in total. The van der Waals surface area contributed by atoms with Crippen LogP contribution in [0, 0.1) is 17.2 Å². The number of carbonyl (C=O) groups is 2. The van der Waals surface area contributed by atoms with Gasteiger partial charge in [0.25, 0.3) is 0 Å². The van der Waals surface area contributed by atoms with Crippen LogP contribution in [0.1, 0.15) is 33.6 Å². The molecule has 22 heavy (non-hydrogen) atoms. The summed E-state index contributed by atoms with van der Waals surface area (Å²) in [4.78, 5) is 26.9. The third-order valence-corrected chi connectivity index (χ3v) is 4.15. The second-order valence-electron chi connectivity index (χ2n) is 6.58. The smallest absolute Gasteiger partial charge is 0.239 e. The van der Waals surface area contributed by atoms with Crippen molar-refractivity contribution in [2.75, 3.05) is 18.4 Å². The van der Waals surface area contributed by atoms with Crippen molar-refractivity contribution >= 4 is 17.5 Å². The van der Waals surface area contributed by atoms with E-state index in [4.69, 9.17) is 0 Å². The van der Waals surface area contributed by atoms with Crippen molar-refractivity contribution in [2.45, 2.75) is 33.6 Å². The van der Waals surface area contributed by atoms with E-state index in [9.17, 15) is 14.0 Å². The molecule has 0 bridgehead atoms. The van der Waals surface area contributed by atoms with Crippen molar-refractivity contribution in [1.29, 1.82) is 0 Å². The summed E-state index contributed by atoms with van der Waals surface area (Å²) in [7, 11) is 0. The van der Waals surface area contributed by atoms with E-state index in [2.05, 4.69) is 12.2 Å². The van der Waals surface area contributed by atoms with Gasteiger partial charge in [-0.3, -0.25) is 9.59 Å². The fourth-order valence-electron chi connectivity index (χ4n) is 2.69. The van der Waals surface area contributed by atoms with Crippen LogP contribution in [-0.2, 0) is 9.59 Å². The second kappa shape index (κ2) is 6.46. The molecule has 1 heterocycles. The van der Waals surface area contributed by atoms with Gasteiger partial charge in [-0.2, -0.15) is 0 Å². The summed E-state index contributed by atoms with van der Waals surface area (Å²) in [5, 5.41) is 2.69. The van der Waals surface area contributed by atoms with E-state index >= 15 is 0 Å². The van der Waals surface area contributed by atoms with Gasteiger partial charge < -0.3 is 10.2 Å². The molecule has 0 aliphatic carbocycles. The first-order valence-electron chi connectivity index (χ1n) is 7.67. The van der Waals surface area contributed by atoms with Crippen molar-refractivity contribution in [3.8, 4) is 0 Å². The lowest BCUT2D eigenvalue weighted by Gasteiger charge is -2.36. The summed E-state index contributed by atoms with van der Waals surface area (Å²) in [5.74, 6) is -0.426. The maximum Gasteiger partial charge on any atom is 0.239 e. The van der Waals surface area contributed by atoms with Crippen LogP contribution in [0.2, 0.25) is 0 Å². The molecule has 1 fully saturated rings. The number of nitrogens with zero attached hydrogens (tertiary/aromatic N) is 1. The molecular formula is C17H23FN2O2. The maximum absolute atomic E-state index is 12.9. The average molecular weight is 306 g/mol. The SMILES string of the molecule is CC1CCCN(C(=O)C(C)(C)C(=O)Nc2ccc(F)cc2)C1. The summed E-state index contributed by atoms with van der Waals surface area (Å²) in [6.45, 7) is 6.79. The predicted octanol–water partition coefficient (Wildman–Crippen LogP) is 3.05. The highest BCUT2D eigenvalue weighted by molar-refractivity contribution is 6.09. The topological polar surface area (TPSA) is 49.4 Å². The van der Waals surface area contributed by atoms with Crippen molar-refractivity contribution in [3.63, 3.8) is 0 Å². The number of hydrogen-bond acceptors (Lipinski definition) is 2. The van der Waals surface area contributed by atoms with Gasteiger partial charge in [0.05, 0.1) is 0 Å². The molecule has 0 aromatic heterocycles. The molecule has 2 rings (SSSR count). The fraction of sp³-hybridized carbons (Fsp3) is 0.529. The Morgan fingerprint density at radius 3 is 2.50 bits per heavy atom. The molecule has 1 aromatic rings. The lowest BCUT2D eigenvalue weighted by atomic mass is 9.88. The van der Waals surface area contributed by atoms with E-state index in [1.54, 1.807) is 18.7 Å². The number of nitrogens with one attached hydrogen (secondary N) is 1. The number of carbonyl (C=O) groups excluding carboxylic acids is 2. The third-order valence-electron chi connectivity index (χ3n) is 4.15. The first-order chi connectivity index (χ1) is 10.3. The van der Waals surface area contributed by atoms with Gasteiger partial charge in [0.15, 0.2) is 0 Å². The Kier molecular flexibility index (Phi) is 4.84. The highest BCUT2D eigenvalue weighted by atomic mass is 19.1. The minimum Gasteiger partial charge on any atom is -0.342 e. The van der Waals surface area contributed by atoms with Crippen molar-refractivity contribution < 1.29 is 14.0 Å². The Morgan fingerprint density at radius 2 is 1.91 bits per heavy atom. The minimum absolute atomic E-state index is 0.154. The summed E-state index contributed by atoms with van der Waals surface area (Å²) in [5.41, 5.74) is -0.662. The lowest BCUT2D eigenvalue weighted by Crippen LogP contribution is -2.50. The summed E-state index contributed by atoms with van der Waals surface area (Å²) >= 11 is 0. The van der Waals surface area contributed by atoms with E-state index < -0.39 is 5.41 Å². The molecular weight excluding hydrogens is 283 g/mol. The first-order valence-corrected chi connectivity index (χ1v) is 7.67. The van der Waals surface area contributed by atoms with Crippen molar-refractivity contribution in [3.05, 3.63) is 30.1 Å². The van der Waals surface area contributed by atoms with Gasteiger partial charge in [-0.25, -0.2) is 4.39 Å². The fourth-order valence-corrected chi connectivity index (χ4v) is 2.69. The molecule has 120 valence electrons. The van der Waals surface area contributed by atoms with E-state index in [1.807, 2.05) is 0 Å². The van der Waals surface area contributed by atoms with Gasteiger partial charge in [0.2, 0.25) is 11.8 Å². The zero-order valence-corrected chi connectivity index (χ0v) is 13.4. The van der Waals surface area contributed by atoms with E-state index in [-0.39, 0.29) is 17.6 Å². The van der Waals surface area contributed by atoms with E-state index in [1.165, 1.54) is 24.3 Å². The summed E-state index contributed by atoms with van der Waals surface area (Å²) in [6, 6.07) is 5.51. The molecule has 1 saturated heterocycles. The highest BCUT2D eigenvalue weighted by Gasteiger charge is 2.40. The quantitative estimate of drug-likeness (QED) is 0.873. The van der Waals surface area contributed by atoms with Gasteiger partial charge in [-0.05, 0) is 56.9 Å². The van der Waals surface area contributed by atoms with Gasteiger partial charge in [0, 0.05) is 18.8 Å². The molecule has 1 N–H and O–H groups in total. The number of hydrogen-bond donors (Lipinski definition) is 1. The first kappa shape index (κ1) is 16.5. The molecule has 0 spiro atoms. The molecule has 2 amide bonds. The molecule has 1 unspecified atom stereocenters. The van der Waals surface area contributed by atoms with Crippen LogP contribution in [-0.4, -0.2) is 29.8 Å². The Hall–Kier alpha value is -1.91. The summed E-state index contributed by atoms with van der Waals surface area (Å²) < 4.78 is 12.9. The normalized spacial score (nSPS) is 18.9. The van der Waals surface area contributed by atoms with Gasteiger partial charge in [0.1, 0.15) is 11.2 Å². The molecule has 1 aliphatic heterocycles. The Bertz CT molecular complexity index is 554. The van der Waals surface area contributed by atoms with Crippen LogP contribution in [0.4, 0.5) is 10.1 Å². The zero-order chi connectivity index (χ0) is 16.3. The summed E-state index contributed by atoms with van der Waals surface area (Å²) in [6.07, 6.45) is 2.09. The molecule has 5 heteroatoms. The zero-order valence-electron chi connectivity index (χ0n) is 13.4. The number of likely N-dealkylation sites (tertiary alicyclic amines) is 1. The number of anilines is 1. The van der Waals surface area contributed by atoms with Crippen LogP contribution in [0.25, 0.3) is 0 Å². The van der Waals surface area contributed by atoms with Crippen molar-refractivity contribution in [2.24, 2.45) is 11.3 Å². The Balaban J connectivity index is 2.05. The van der Waals surface area contributed by atoms with Crippen LogP contribution in [0.3, 0.4) is 0 Å². The van der Waals surface area contributed by atoms with Crippen molar-refractivity contribution in [1.82, 2.24) is 4.90 Å². The van der Waals surface area contributed by atoms with Crippen LogP contribution in [0.5, 0.6) is 0 Å². The molecule has 1 aliphatic rings. The van der Waals surface area contributed by atoms with Crippen LogP contribution in [0.15, 0.2) is 24.3 Å². The monoisotopic (exact) mass is 306 g/mol. The Morgan fingerprint density at radius 1 is 1.27 bits per heavy atom. The number of amides is 2. The largest absolute Gasteiger partial charge is 0.342 e. The van der Waals surface area contributed by atoms with Gasteiger partial charge >= 0.3 is 0 Å². The third kappa shape index (κ3) is 3.64. The maximum atomic E-state index is 12.9. The van der Waals surface area contributed by atoms with Gasteiger partial charge in [-0.1, -0.05) is 6.92 Å². The Labute approximate surface area is 130 Å².